The molecule has 0 heterocycles. The van der Waals surface area contributed by atoms with Gasteiger partial charge in [0.25, 0.3) is 0 Å². The van der Waals surface area contributed by atoms with Crippen LogP contribution in [0.1, 0.15) is 18.9 Å². The number of hydrogen-bond acceptors (Lipinski definition) is 2. The molecule has 0 fully saturated rings. The summed E-state index contributed by atoms with van der Waals surface area (Å²) < 4.78 is 36.3. The van der Waals surface area contributed by atoms with Gasteiger partial charge in [-0.15, -0.1) is 24.0 Å². The summed E-state index contributed by atoms with van der Waals surface area (Å²) in [5.41, 5.74) is 0.958. The number of rotatable bonds is 7. The molecule has 0 aliphatic heterocycles. The minimum Gasteiger partial charge on any atom is -0.357 e. The van der Waals surface area contributed by atoms with Crippen LogP contribution in [0.25, 0.3) is 0 Å². The standard InChI is InChI=1S/C15H21F3N4O.HI/c1-2-19-14(20-9-8-15(16,17)18)22-11-13(23)21-10-12-6-4-3-5-7-12;/h3-7H,2,8-11H2,1H3,(H,21,23)(H2,19,20,22);1H. The van der Waals surface area contributed by atoms with E-state index in [1.165, 1.54) is 0 Å². The smallest absolute Gasteiger partial charge is 0.357 e. The van der Waals surface area contributed by atoms with E-state index in [0.29, 0.717) is 13.1 Å². The molecule has 0 spiro atoms. The first-order valence-electron chi connectivity index (χ1n) is 7.30. The largest absolute Gasteiger partial charge is 0.390 e. The Bertz CT molecular complexity index is 509. The highest BCUT2D eigenvalue weighted by molar-refractivity contribution is 14.0. The molecule has 0 bridgehead atoms. The van der Waals surface area contributed by atoms with Gasteiger partial charge in [0.05, 0.1) is 6.42 Å². The lowest BCUT2D eigenvalue weighted by molar-refractivity contribution is -0.132. The van der Waals surface area contributed by atoms with Crippen LogP contribution in [-0.2, 0) is 11.3 Å². The molecular formula is C15H22F3IN4O. The van der Waals surface area contributed by atoms with Crippen molar-refractivity contribution in [2.45, 2.75) is 26.1 Å². The summed E-state index contributed by atoms with van der Waals surface area (Å²) in [5, 5.41) is 8.03. The maximum atomic E-state index is 12.1. The fourth-order valence-corrected chi connectivity index (χ4v) is 1.67. The van der Waals surface area contributed by atoms with Crippen molar-refractivity contribution in [3.8, 4) is 0 Å². The van der Waals surface area contributed by atoms with Gasteiger partial charge in [-0.05, 0) is 12.5 Å². The van der Waals surface area contributed by atoms with Gasteiger partial charge in [0.15, 0.2) is 5.96 Å². The summed E-state index contributed by atoms with van der Waals surface area (Å²) in [5.74, 6) is -0.117. The first-order chi connectivity index (χ1) is 10.9. The molecule has 1 rings (SSSR count). The van der Waals surface area contributed by atoms with Crippen molar-refractivity contribution in [2.75, 3.05) is 19.6 Å². The SMILES string of the molecule is CCNC(=NCC(=O)NCc1ccccc1)NCCC(F)(F)F.I. The molecule has 136 valence electrons. The molecule has 0 aliphatic carbocycles. The predicted molar refractivity (Wildman–Crippen MR) is 98.4 cm³/mol. The van der Waals surface area contributed by atoms with E-state index >= 15 is 0 Å². The number of carbonyl (C=O) groups is 1. The summed E-state index contributed by atoms with van der Waals surface area (Å²) in [6, 6.07) is 9.38. The summed E-state index contributed by atoms with van der Waals surface area (Å²) in [4.78, 5) is 15.7. The molecule has 3 N–H and O–H groups in total. The third-order valence-corrected chi connectivity index (χ3v) is 2.76. The zero-order chi connectivity index (χ0) is 17.1. The molecule has 0 saturated heterocycles. The quantitative estimate of drug-likeness (QED) is 0.334. The highest BCUT2D eigenvalue weighted by atomic mass is 127. The number of alkyl halides is 3. The summed E-state index contributed by atoms with van der Waals surface area (Å²) in [7, 11) is 0. The maximum Gasteiger partial charge on any atom is 0.390 e. The van der Waals surface area contributed by atoms with E-state index in [2.05, 4.69) is 20.9 Å². The molecule has 0 unspecified atom stereocenters. The van der Waals surface area contributed by atoms with E-state index in [1.807, 2.05) is 30.3 Å². The Morgan fingerprint density at radius 3 is 2.38 bits per heavy atom. The fraction of sp³-hybridized carbons (Fsp3) is 0.467. The first-order valence-corrected chi connectivity index (χ1v) is 7.30. The molecule has 5 nitrogen and oxygen atoms in total. The van der Waals surface area contributed by atoms with Gasteiger partial charge in [0, 0.05) is 19.6 Å². The van der Waals surface area contributed by atoms with Crippen molar-refractivity contribution in [3.05, 3.63) is 35.9 Å². The average Bonchev–Trinajstić information content (AvgIpc) is 2.50. The Kier molecular flexibility index (Phi) is 11.2. The second kappa shape index (κ2) is 11.9. The number of guanidine groups is 1. The van der Waals surface area contributed by atoms with Crippen molar-refractivity contribution in [1.29, 1.82) is 0 Å². The zero-order valence-electron chi connectivity index (χ0n) is 13.3. The number of hydrogen-bond donors (Lipinski definition) is 3. The van der Waals surface area contributed by atoms with Crippen LogP contribution in [0.3, 0.4) is 0 Å². The molecule has 9 heteroatoms. The molecule has 0 aromatic heterocycles. The minimum atomic E-state index is -4.22. The first kappa shape index (κ1) is 22.5. The Morgan fingerprint density at radius 2 is 1.79 bits per heavy atom. The summed E-state index contributed by atoms with van der Waals surface area (Å²) >= 11 is 0. The number of benzene rings is 1. The van der Waals surface area contributed by atoms with E-state index in [4.69, 9.17) is 0 Å². The molecule has 0 aliphatic rings. The van der Waals surface area contributed by atoms with Crippen LogP contribution >= 0.6 is 24.0 Å². The third-order valence-electron chi connectivity index (χ3n) is 2.76. The lowest BCUT2D eigenvalue weighted by Crippen LogP contribution is -2.39. The number of nitrogens with zero attached hydrogens (tertiary/aromatic N) is 1. The lowest BCUT2D eigenvalue weighted by Gasteiger charge is -2.12. The van der Waals surface area contributed by atoms with Crippen molar-refractivity contribution in [1.82, 2.24) is 16.0 Å². The summed E-state index contributed by atoms with van der Waals surface area (Å²) in [6.45, 7) is 2.21. The Balaban J connectivity index is 0.00000529. The van der Waals surface area contributed by atoms with E-state index < -0.39 is 12.6 Å². The highest BCUT2D eigenvalue weighted by Crippen LogP contribution is 2.17. The van der Waals surface area contributed by atoms with Crippen LogP contribution in [0.15, 0.2) is 35.3 Å². The monoisotopic (exact) mass is 458 g/mol. The molecule has 0 saturated carbocycles. The van der Waals surface area contributed by atoms with E-state index in [1.54, 1.807) is 6.92 Å². The number of carbonyl (C=O) groups excluding carboxylic acids is 1. The van der Waals surface area contributed by atoms with Gasteiger partial charge < -0.3 is 16.0 Å². The van der Waals surface area contributed by atoms with Crippen molar-refractivity contribution < 1.29 is 18.0 Å². The molecule has 24 heavy (non-hydrogen) atoms. The van der Waals surface area contributed by atoms with Crippen LogP contribution in [0, 0.1) is 0 Å². The van der Waals surface area contributed by atoms with Crippen LogP contribution in [0.2, 0.25) is 0 Å². The summed E-state index contributed by atoms with van der Waals surface area (Å²) in [6.07, 6.45) is -5.19. The number of halogens is 4. The molecule has 1 amide bonds. The number of nitrogens with one attached hydrogen (secondary N) is 3. The fourth-order valence-electron chi connectivity index (χ4n) is 1.67. The average molecular weight is 458 g/mol. The van der Waals surface area contributed by atoms with Crippen molar-refractivity contribution in [2.24, 2.45) is 4.99 Å². The molecular weight excluding hydrogens is 436 g/mol. The zero-order valence-corrected chi connectivity index (χ0v) is 15.7. The van der Waals surface area contributed by atoms with Gasteiger partial charge in [-0.2, -0.15) is 13.2 Å². The maximum absolute atomic E-state index is 12.1. The number of amides is 1. The van der Waals surface area contributed by atoms with Gasteiger partial charge in [-0.3, -0.25) is 4.79 Å². The van der Waals surface area contributed by atoms with Crippen LogP contribution in [-0.4, -0.2) is 37.7 Å². The second-order valence-corrected chi connectivity index (χ2v) is 4.75. The van der Waals surface area contributed by atoms with Crippen LogP contribution < -0.4 is 16.0 Å². The van der Waals surface area contributed by atoms with Gasteiger partial charge in [0.1, 0.15) is 6.54 Å². The van der Waals surface area contributed by atoms with Crippen molar-refractivity contribution >= 4 is 35.8 Å². The minimum absolute atomic E-state index is 0. The van der Waals surface area contributed by atoms with E-state index in [9.17, 15) is 18.0 Å². The van der Waals surface area contributed by atoms with Crippen LogP contribution in [0.4, 0.5) is 13.2 Å². The third kappa shape index (κ3) is 11.1. The van der Waals surface area contributed by atoms with Gasteiger partial charge >= 0.3 is 6.18 Å². The van der Waals surface area contributed by atoms with Crippen LogP contribution in [0.5, 0.6) is 0 Å². The lowest BCUT2D eigenvalue weighted by atomic mass is 10.2. The molecule has 1 aromatic carbocycles. The Morgan fingerprint density at radius 1 is 1.12 bits per heavy atom. The van der Waals surface area contributed by atoms with Gasteiger partial charge in [-0.25, -0.2) is 4.99 Å². The Labute approximate surface area is 156 Å². The van der Waals surface area contributed by atoms with E-state index in [-0.39, 0.29) is 48.9 Å². The van der Waals surface area contributed by atoms with Gasteiger partial charge in [0.2, 0.25) is 5.91 Å². The highest BCUT2D eigenvalue weighted by Gasteiger charge is 2.26. The second-order valence-electron chi connectivity index (χ2n) is 4.75. The van der Waals surface area contributed by atoms with Crippen molar-refractivity contribution in [3.63, 3.8) is 0 Å². The van der Waals surface area contributed by atoms with E-state index in [0.717, 1.165) is 5.56 Å². The molecule has 1 aromatic rings. The predicted octanol–water partition coefficient (Wildman–Crippen LogP) is 2.43. The number of aliphatic imine (C=N–C) groups is 1. The topological polar surface area (TPSA) is 65.5 Å². The molecule has 0 radical (unpaired) electrons. The Hall–Kier alpha value is -1.52. The normalized spacial score (nSPS) is 11.4. The molecule has 0 atom stereocenters. The van der Waals surface area contributed by atoms with Gasteiger partial charge in [-0.1, -0.05) is 30.3 Å².